The Hall–Kier alpha value is 1.26. The molecule has 0 aromatic carbocycles. The Bertz CT molecular complexity index is 29.3. The van der Waals surface area contributed by atoms with Crippen molar-refractivity contribution >= 4 is 15.2 Å². The van der Waals surface area contributed by atoms with E-state index in [1.54, 1.807) is 0 Å². The first kappa shape index (κ1) is 11.1. The molecule has 0 atom stereocenters. The third-order valence-electron chi connectivity index (χ3n) is 0.707. The van der Waals surface area contributed by atoms with Crippen LogP contribution in [-0.4, -0.2) is 15.2 Å². The van der Waals surface area contributed by atoms with E-state index < -0.39 is 0 Å². The van der Waals surface area contributed by atoms with Crippen molar-refractivity contribution in [2.45, 2.75) is 30.8 Å². The molecule has 0 aliphatic rings. The molecule has 0 saturated heterocycles. The van der Waals surface area contributed by atoms with Crippen molar-refractivity contribution in [2.24, 2.45) is 0 Å². The summed E-state index contributed by atoms with van der Waals surface area (Å²) in [4.78, 5) is 0. The van der Waals surface area contributed by atoms with Crippen molar-refractivity contribution in [3.8, 4) is 0 Å². The van der Waals surface area contributed by atoms with E-state index in [1.165, 1.54) is 5.28 Å². The second-order valence-electron chi connectivity index (χ2n) is 1.89. The third-order valence-corrected chi connectivity index (χ3v) is 2.12. The molecule has 0 unspecified atom stereocenters. The summed E-state index contributed by atoms with van der Waals surface area (Å²) < 4.78 is 0.981. The summed E-state index contributed by atoms with van der Waals surface area (Å²) in [5.74, 6) is 0. The number of rotatable bonds is 2. The van der Waals surface area contributed by atoms with Crippen LogP contribution in [0.15, 0.2) is 0 Å². The van der Waals surface area contributed by atoms with Crippen molar-refractivity contribution in [3.05, 3.63) is 0 Å². The topological polar surface area (TPSA) is 0 Å². The first-order chi connectivity index (χ1) is 2.77. The summed E-state index contributed by atoms with van der Waals surface area (Å²) in [6.07, 6.45) is 0. The van der Waals surface area contributed by atoms with Gasteiger partial charge in [-0.05, 0) is 0 Å². The van der Waals surface area contributed by atoms with Crippen LogP contribution in [0.3, 0.4) is 0 Å². The monoisotopic (exact) mass is 226 g/mol. The zero-order chi connectivity index (χ0) is 4.99. The van der Waals surface area contributed by atoms with E-state index in [1.807, 2.05) is 0 Å². The van der Waals surface area contributed by atoms with E-state index in [9.17, 15) is 0 Å². The van der Waals surface area contributed by atoms with Crippen LogP contribution < -0.4 is 24.0 Å². The first-order valence-corrected chi connectivity index (χ1v) is 4.09. The van der Waals surface area contributed by atoms with Crippen LogP contribution in [0.1, 0.15) is 20.8 Å². The molecule has 0 nitrogen and oxygen atoms in total. The van der Waals surface area contributed by atoms with Gasteiger partial charge in [-0.15, -0.1) is 0 Å². The molecular formula is C5H12AlI. The Morgan fingerprint density at radius 1 is 1.43 bits per heavy atom. The molecule has 0 fully saturated rings. The molecule has 42 valence electrons. The maximum absolute atomic E-state index is 2.29. The predicted octanol–water partition coefficient (Wildman–Crippen LogP) is -1.04. The minimum atomic E-state index is 0. The van der Waals surface area contributed by atoms with E-state index in [0.717, 1.165) is 20.0 Å². The third kappa shape index (κ3) is 11.1. The molecule has 2 heteroatoms. The number of halogens is 1. The van der Waals surface area contributed by atoms with E-state index >= 15 is 0 Å². The molecule has 0 saturated carbocycles. The average Bonchev–Trinajstić information content (AvgIpc) is 1.35. The van der Waals surface area contributed by atoms with Gasteiger partial charge in [-0.3, -0.25) is 0 Å². The van der Waals surface area contributed by atoms with Gasteiger partial charge in [-0.1, -0.05) is 0 Å². The fraction of sp³-hybridized carbons (Fsp3) is 1.00. The minimum absolute atomic E-state index is 0. The van der Waals surface area contributed by atoms with Gasteiger partial charge < -0.3 is 24.0 Å². The summed E-state index contributed by atoms with van der Waals surface area (Å²) in [6.45, 7) is 6.84. The molecule has 0 heterocycles. The van der Waals surface area contributed by atoms with Gasteiger partial charge >= 0.3 is 46.1 Å². The molecule has 0 aliphatic heterocycles. The van der Waals surface area contributed by atoms with Crippen molar-refractivity contribution in [3.63, 3.8) is 0 Å². The van der Waals surface area contributed by atoms with Gasteiger partial charge in [0.1, 0.15) is 0 Å². The quantitative estimate of drug-likeness (QED) is 0.417. The molecule has 0 rings (SSSR count). The van der Waals surface area contributed by atoms with Crippen LogP contribution in [0, 0.1) is 0 Å². The average molecular weight is 226 g/mol. The fourth-order valence-electron chi connectivity index (χ4n) is 0.471. The maximum atomic E-state index is 2.29. The van der Waals surface area contributed by atoms with Gasteiger partial charge in [-0.25, -0.2) is 0 Å². The molecule has 0 spiro atoms. The van der Waals surface area contributed by atoms with E-state index in [0.29, 0.717) is 0 Å². The maximum Gasteiger partial charge on any atom is -1.00 e. The summed E-state index contributed by atoms with van der Waals surface area (Å²) >= 11 is 0.764. The van der Waals surface area contributed by atoms with E-state index in [4.69, 9.17) is 0 Å². The Balaban J connectivity index is 0. The minimum Gasteiger partial charge on any atom is -1.00 e. The molecule has 0 bridgehead atoms. The van der Waals surface area contributed by atoms with E-state index in [2.05, 4.69) is 20.8 Å². The van der Waals surface area contributed by atoms with Crippen molar-refractivity contribution in [1.82, 2.24) is 0 Å². The van der Waals surface area contributed by atoms with Crippen LogP contribution in [0.25, 0.3) is 0 Å². The van der Waals surface area contributed by atoms with Gasteiger partial charge in [0.2, 0.25) is 0 Å². The molecule has 0 N–H and O–H groups in total. The van der Waals surface area contributed by atoms with Gasteiger partial charge in [0, 0.05) is 0 Å². The van der Waals surface area contributed by atoms with Gasteiger partial charge in [0.05, 0.1) is 0 Å². The van der Waals surface area contributed by atoms with Crippen molar-refractivity contribution < 1.29 is 24.0 Å². The summed E-state index contributed by atoms with van der Waals surface area (Å²) in [5.41, 5.74) is 0. The van der Waals surface area contributed by atoms with Crippen LogP contribution in [-0.2, 0) is 0 Å². The molecule has 0 aromatic heterocycles. The Morgan fingerprint density at radius 2 is 1.86 bits per heavy atom. The second kappa shape index (κ2) is 7.26. The summed E-state index contributed by atoms with van der Waals surface area (Å²) in [5, 5.41) is 1.41. The SMILES string of the molecule is C[CH2][Al+][CH](C)C.[I-]. The van der Waals surface area contributed by atoms with Crippen LogP contribution in [0.2, 0.25) is 10.1 Å². The largest absolute Gasteiger partial charge is 1.00 e. The predicted molar refractivity (Wildman–Crippen MR) is 31.3 cm³/mol. The van der Waals surface area contributed by atoms with Gasteiger partial charge in [-0.2, -0.15) is 0 Å². The Kier molecular flexibility index (Phi) is 11.5. The molecule has 0 amide bonds. The molecule has 0 radical (unpaired) electrons. The molecule has 0 aliphatic carbocycles. The zero-order valence-corrected chi connectivity index (χ0v) is 8.55. The van der Waals surface area contributed by atoms with Crippen LogP contribution >= 0.6 is 0 Å². The second-order valence-corrected chi connectivity index (χ2v) is 4.51. The standard InChI is InChI=1S/C3H7.C2H5.Al.HI/c1-3-2;1-2;;/h3H,1-2H3;1H2,2H3;;1H/q;;+1;/p-1. The zero-order valence-electron chi connectivity index (χ0n) is 5.24. The normalized spacial score (nSPS) is 7.43. The number of hydrogen-bond acceptors (Lipinski definition) is 0. The fourth-order valence-corrected chi connectivity index (χ4v) is 1.41. The summed E-state index contributed by atoms with van der Waals surface area (Å²) in [6, 6.07) is 0. The van der Waals surface area contributed by atoms with E-state index in [-0.39, 0.29) is 24.0 Å². The number of hydrogen-bond donors (Lipinski definition) is 0. The summed E-state index contributed by atoms with van der Waals surface area (Å²) in [7, 11) is 0. The Morgan fingerprint density at radius 3 is 1.86 bits per heavy atom. The van der Waals surface area contributed by atoms with Gasteiger partial charge in [0.15, 0.2) is 0 Å². The van der Waals surface area contributed by atoms with Crippen LogP contribution in [0.5, 0.6) is 0 Å². The van der Waals surface area contributed by atoms with Crippen molar-refractivity contribution in [2.75, 3.05) is 0 Å². The van der Waals surface area contributed by atoms with Crippen molar-refractivity contribution in [1.29, 1.82) is 0 Å². The first-order valence-electron chi connectivity index (χ1n) is 2.60. The Labute approximate surface area is 69.8 Å². The van der Waals surface area contributed by atoms with Gasteiger partial charge in [0.25, 0.3) is 0 Å². The molecule has 7 heavy (non-hydrogen) atoms. The smallest absolute Gasteiger partial charge is 1.00 e. The molecule has 0 aromatic rings. The molecular weight excluding hydrogens is 214 g/mol. The van der Waals surface area contributed by atoms with Crippen LogP contribution in [0.4, 0.5) is 0 Å².